The van der Waals surface area contributed by atoms with Gasteiger partial charge >= 0.3 is 0 Å². The summed E-state index contributed by atoms with van der Waals surface area (Å²) < 4.78 is 0. The van der Waals surface area contributed by atoms with Gasteiger partial charge in [0.1, 0.15) is 6.33 Å². The van der Waals surface area contributed by atoms with Gasteiger partial charge < -0.3 is 0 Å². The first-order valence-electron chi connectivity index (χ1n) is 6.07. The molecule has 0 unspecified atom stereocenters. The molecule has 2 aromatic heterocycles. The highest BCUT2D eigenvalue weighted by Gasteiger charge is 2.12. The Hall–Kier alpha value is -3.22. The van der Waals surface area contributed by atoms with Gasteiger partial charge in [0, 0.05) is 48.0 Å². The Kier molecular flexibility index (Phi) is 3.30. The first kappa shape index (κ1) is 12.8. The van der Waals surface area contributed by atoms with E-state index in [0.717, 1.165) is 11.1 Å². The number of hydrogen-bond acceptors (Lipinski definition) is 6. The predicted octanol–water partition coefficient (Wildman–Crippen LogP) is 2.51. The molecule has 0 saturated carbocycles. The lowest BCUT2D eigenvalue weighted by Crippen LogP contribution is -1.94. The van der Waals surface area contributed by atoms with Crippen molar-refractivity contribution in [1.82, 2.24) is 19.9 Å². The summed E-state index contributed by atoms with van der Waals surface area (Å²) in [5, 5.41) is 10.7. The topological polar surface area (TPSA) is 94.7 Å². The van der Waals surface area contributed by atoms with Crippen LogP contribution in [-0.2, 0) is 0 Å². The Balaban J connectivity index is 2.09. The van der Waals surface area contributed by atoms with Crippen molar-refractivity contribution in [2.75, 3.05) is 0 Å². The van der Waals surface area contributed by atoms with Crippen LogP contribution in [0.3, 0.4) is 0 Å². The highest BCUT2D eigenvalue weighted by atomic mass is 16.6. The molecule has 0 bridgehead atoms. The maximum Gasteiger partial charge on any atom is 0.269 e. The van der Waals surface area contributed by atoms with Gasteiger partial charge in [-0.3, -0.25) is 20.1 Å². The molecule has 7 heteroatoms. The van der Waals surface area contributed by atoms with Crippen LogP contribution in [0.5, 0.6) is 0 Å². The third kappa shape index (κ3) is 2.57. The number of non-ortho nitro benzene ring substituents is 1. The number of hydrogen-bond donors (Lipinski definition) is 0. The molecule has 3 rings (SSSR count). The fourth-order valence-corrected chi connectivity index (χ4v) is 1.92. The molecule has 7 nitrogen and oxygen atoms in total. The lowest BCUT2D eigenvalue weighted by molar-refractivity contribution is -0.384. The van der Waals surface area contributed by atoms with Gasteiger partial charge in [0.15, 0.2) is 0 Å². The van der Waals surface area contributed by atoms with Crippen molar-refractivity contribution in [3.63, 3.8) is 0 Å². The molecule has 0 aliphatic heterocycles. The standard InChI is InChI=1S/C14H9N5O2/c20-19(21)12-3-1-10(2-4-12)13-14(18-6-5-17-13)11-7-15-9-16-8-11/h1-9H. The van der Waals surface area contributed by atoms with Crippen molar-refractivity contribution >= 4 is 5.69 Å². The van der Waals surface area contributed by atoms with E-state index in [1.165, 1.54) is 18.5 Å². The van der Waals surface area contributed by atoms with E-state index in [0.29, 0.717) is 11.4 Å². The number of aromatic nitrogens is 4. The molecule has 102 valence electrons. The smallest absolute Gasteiger partial charge is 0.258 e. The van der Waals surface area contributed by atoms with E-state index in [9.17, 15) is 10.1 Å². The second-order valence-corrected chi connectivity index (χ2v) is 4.18. The van der Waals surface area contributed by atoms with Gasteiger partial charge in [0.05, 0.1) is 16.3 Å². The molecule has 1 aromatic carbocycles. The molecule has 0 atom stereocenters. The first-order chi connectivity index (χ1) is 10.3. The summed E-state index contributed by atoms with van der Waals surface area (Å²) in [6.45, 7) is 0. The summed E-state index contributed by atoms with van der Waals surface area (Å²) in [5.41, 5.74) is 2.77. The fourth-order valence-electron chi connectivity index (χ4n) is 1.92. The van der Waals surface area contributed by atoms with Crippen LogP contribution in [0.4, 0.5) is 5.69 Å². The van der Waals surface area contributed by atoms with Crippen LogP contribution in [-0.4, -0.2) is 24.9 Å². The largest absolute Gasteiger partial charge is 0.269 e. The minimum absolute atomic E-state index is 0.0345. The van der Waals surface area contributed by atoms with Crippen LogP contribution in [0.2, 0.25) is 0 Å². The van der Waals surface area contributed by atoms with E-state index in [1.807, 2.05) is 0 Å². The molecule has 0 aliphatic carbocycles. The molecule has 0 spiro atoms. The van der Waals surface area contributed by atoms with E-state index < -0.39 is 4.92 Å². The van der Waals surface area contributed by atoms with Gasteiger partial charge in [-0.1, -0.05) is 0 Å². The van der Waals surface area contributed by atoms with E-state index in [-0.39, 0.29) is 5.69 Å². The Bertz CT molecular complexity index is 775. The summed E-state index contributed by atoms with van der Waals surface area (Å²) in [6.07, 6.45) is 7.88. The number of nitro benzene ring substituents is 1. The van der Waals surface area contributed by atoms with Gasteiger partial charge in [-0.25, -0.2) is 9.97 Å². The molecular weight excluding hydrogens is 270 g/mol. The highest BCUT2D eigenvalue weighted by Crippen LogP contribution is 2.28. The van der Waals surface area contributed by atoms with Crippen molar-refractivity contribution in [3.8, 4) is 22.5 Å². The number of nitrogens with zero attached hydrogens (tertiary/aromatic N) is 5. The Morgan fingerprint density at radius 1 is 0.857 bits per heavy atom. The fraction of sp³-hybridized carbons (Fsp3) is 0. The Morgan fingerprint density at radius 2 is 1.43 bits per heavy atom. The van der Waals surface area contributed by atoms with Crippen LogP contribution < -0.4 is 0 Å². The van der Waals surface area contributed by atoms with Crippen LogP contribution in [0, 0.1) is 10.1 Å². The molecule has 0 N–H and O–H groups in total. The van der Waals surface area contributed by atoms with Crippen LogP contribution in [0.1, 0.15) is 0 Å². The predicted molar refractivity (Wildman–Crippen MR) is 75.1 cm³/mol. The lowest BCUT2D eigenvalue weighted by Gasteiger charge is -2.06. The van der Waals surface area contributed by atoms with Crippen molar-refractivity contribution in [1.29, 1.82) is 0 Å². The van der Waals surface area contributed by atoms with E-state index in [2.05, 4.69) is 19.9 Å². The van der Waals surface area contributed by atoms with Gasteiger partial charge in [0.2, 0.25) is 0 Å². The average Bonchev–Trinajstić information content (AvgIpc) is 2.56. The average molecular weight is 279 g/mol. The molecular formula is C14H9N5O2. The van der Waals surface area contributed by atoms with Gasteiger partial charge in [-0.15, -0.1) is 0 Å². The third-order valence-corrected chi connectivity index (χ3v) is 2.88. The molecule has 21 heavy (non-hydrogen) atoms. The van der Waals surface area contributed by atoms with Crippen LogP contribution in [0.25, 0.3) is 22.5 Å². The Morgan fingerprint density at radius 3 is 2.00 bits per heavy atom. The first-order valence-corrected chi connectivity index (χ1v) is 6.07. The maximum atomic E-state index is 10.7. The van der Waals surface area contributed by atoms with Crippen molar-refractivity contribution in [2.24, 2.45) is 0 Å². The van der Waals surface area contributed by atoms with Crippen LogP contribution >= 0.6 is 0 Å². The SMILES string of the molecule is O=[N+]([O-])c1ccc(-c2nccnc2-c2cncnc2)cc1. The second-order valence-electron chi connectivity index (χ2n) is 4.18. The normalized spacial score (nSPS) is 10.3. The summed E-state index contributed by atoms with van der Waals surface area (Å²) >= 11 is 0. The Labute approximate surface area is 119 Å². The molecule has 0 radical (unpaired) electrons. The highest BCUT2D eigenvalue weighted by molar-refractivity contribution is 5.77. The molecule has 0 amide bonds. The molecule has 0 aliphatic rings. The minimum atomic E-state index is -0.438. The summed E-state index contributed by atoms with van der Waals surface area (Å²) in [6, 6.07) is 6.18. The van der Waals surface area contributed by atoms with Gasteiger partial charge in [-0.2, -0.15) is 0 Å². The molecule has 0 saturated heterocycles. The van der Waals surface area contributed by atoms with Gasteiger partial charge in [0.25, 0.3) is 5.69 Å². The summed E-state index contributed by atoms with van der Waals surface area (Å²) in [7, 11) is 0. The van der Waals surface area contributed by atoms with Gasteiger partial charge in [-0.05, 0) is 12.1 Å². The minimum Gasteiger partial charge on any atom is -0.258 e. The zero-order valence-corrected chi connectivity index (χ0v) is 10.7. The zero-order valence-electron chi connectivity index (χ0n) is 10.7. The zero-order chi connectivity index (χ0) is 14.7. The van der Waals surface area contributed by atoms with Crippen molar-refractivity contribution in [3.05, 3.63) is 65.5 Å². The maximum absolute atomic E-state index is 10.7. The number of benzene rings is 1. The second kappa shape index (κ2) is 5.41. The third-order valence-electron chi connectivity index (χ3n) is 2.88. The van der Waals surface area contributed by atoms with E-state index >= 15 is 0 Å². The van der Waals surface area contributed by atoms with Crippen LogP contribution in [0.15, 0.2) is 55.4 Å². The van der Waals surface area contributed by atoms with Crippen molar-refractivity contribution in [2.45, 2.75) is 0 Å². The summed E-state index contributed by atoms with van der Waals surface area (Å²) in [5.74, 6) is 0. The lowest BCUT2D eigenvalue weighted by atomic mass is 10.1. The van der Waals surface area contributed by atoms with E-state index in [1.54, 1.807) is 36.9 Å². The summed E-state index contributed by atoms with van der Waals surface area (Å²) in [4.78, 5) is 26.8. The quantitative estimate of drug-likeness (QED) is 0.540. The monoisotopic (exact) mass is 279 g/mol. The van der Waals surface area contributed by atoms with E-state index in [4.69, 9.17) is 0 Å². The van der Waals surface area contributed by atoms with Crippen molar-refractivity contribution < 1.29 is 4.92 Å². The molecule has 3 aromatic rings. The molecule has 2 heterocycles. The molecule has 0 fully saturated rings. The number of rotatable bonds is 3. The number of nitro groups is 1.